The fourth-order valence-electron chi connectivity index (χ4n) is 2.26. The summed E-state index contributed by atoms with van der Waals surface area (Å²) in [6, 6.07) is 8.92. The van der Waals surface area contributed by atoms with Gasteiger partial charge in [0, 0.05) is 22.6 Å². The molecule has 0 amide bonds. The molecule has 0 radical (unpaired) electrons. The average molecular weight is 218 g/mol. The van der Waals surface area contributed by atoms with E-state index >= 15 is 0 Å². The number of nitrogens with zero attached hydrogens (tertiary/aromatic N) is 1. The SMILES string of the molecule is Cc1cccc2c1cc(CON)n2C(C)C. The maximum Gasteiger partial charge on any atom is 0.108 e. The van der Waals surface area contributed by atoms with Crippen LogP contribution in [-0.2, 0) is 11.4 Å². The molecule has 0 atom stereocenters. The molecule has 16 heavy (non-hydrogen) atoms. The van der Waals surface area contributed by atoms with E-state index in [0.717, 1.165) is 5.69 Å². The molecule has 0 bridgehead atoms. The summed E-state index contributed by atoms with van der Waals surface area (Å²) in [7, 11) is 0. The Bertz CT molecular complexity index is 500. The van der Waals surface area contributed by atoms with Crippen molar-refractivity contribution in [2.24, 2.45) is 5.90 Å². The molecule has 0 saturated carbocycles. The Hall–Kier alpha value is -1.32. The van der Waals surface area contributed by atoms with E-state index in [1.54, 1.807) is 0 Å². The molecule has 0 aliphatic rings. The number of rotatable bonds is 3. The standard InChI is InChI=1S/C13H18N2O/c1-9(2)15-11(8-16-14)7-12-10(3)5-4-6-13(12)15/h4-7,9H,8,14H2,1-3H3. The Morgan fingerprint density at radius 3 is 2.75 bits per heavy atom. The number of benzene rings is 1. The summed E-state index contributed by atoms with van der Waals surface area (Å²) in [6.07, 6.45) is 0. The van der Waals surface area contributed by atoms with Gasteiger partial charge >= 0.3 is 0 Å². The van der Waals surface area contributed by atoms with Gasteiger partial charge in [-0.05, 0) is 38.5 Å². The topological polar surface area (TPSA) is 40.2 Å². The van der Waals surface area contributed by atoms with Crippen LogP contribution < -0.4 is 5.90 Å². The predicted molar refractivity (Wildman–Crippen MR) is 66.0 cm³/mol. The molecule has 3 heteroatoms. The lowest BCUT2D eigenvalue weighted by Crippen LogP contribution is -2.08. The molecule has 0 aliphatic heterocycles. The van der Waals surface area contributed by atoms with Gasteiger partial charge < -0.3 is 4.57 Å². The summed E-state index contributed by atoms with van der Waals surface area (Å²) in [6.45, 7) is 6.91. The van der Waals surface area contributed by atoms with Gasteiger partial charge in [-0.1, -0.05) is 12.1 Å². The van der Waals surface area contributed by atoms with Gasteiger partial charge in [0.2, 0.25) is 0 Å². The molecule has 1 aromatic heterocycles. The first-order valence-corrected chi connectivity index (χ1v) is 5.56. The summed E-state index contributed by atoms with van der Waals surface area (Å²) < 4.78 is 2.27. The van der Waals surface area contributed by atoms with E-state index in [0.29, 0.717) is 12.6 Å². The fraction of sp³-hybridized carbons (Fsp3) is 0.385. The molecule has 86 valence electrons. The molecule has 3 nitrogen and oxygen atoms in total. The van der Waals surface area contributed by atoms with Gasteiger partial charge in [-0.25, -0.2) is 5.90 Å². The Morgan fingerprint density at radius 1 is 1.38 bits per heavy atom. The zero-order valence-electron chi connectivity index (χ0n) is 10.0. The van der Waals surface area contributed by atoms with Crippen LogP contribution >= 0.6 is 0 Å². The molecule has 1 heterocycles. The van der Waals surface area contributed by atoms with Gasteiger partial charge in [-0.15, -0.1) is 0 Å². The zero-order chi connectivity index (χ0) is 11.7. The third-order valence-electron chi connectivity index (χ3n) is 2.93. The van der Waals surface area contributed by atoms with Crippen molar-refractivity contribution in [2.45, 2.75) is 33.4 Å². The third-order valence-corrected chi connectivity index (χ3v) is 2.93. The summed E-state index contributed by atoms with van der Waals surface area (Å²) in [5.74, 6) is 5.18. The van der Waals surface area contributed by atoms with Gasteiger partial charge in [-0.2, -0.15) is 0 Å². The van der Waals surface area contributed by atoms with Crippen molar-refractivity contribution in [3.63, 3.8) is 0 Å². The minimum atomic E-state index is 0.407. The lowest BCUT2D eigenvalue weighted by atomic mass is 10.1. The summed E-state index contributed by atoms with van der Waals surface area (Å²) in [4.78, 5) is 4.77. The van der Waals surface area contributed by atoms with Gasteiger partial charge in [0.1, 0.15) is 6.61 Å². The number of nitrogens with two attached hydrogens (primary N) is 1. The Labute approximate surface area is 95.8 Å². The maximum atomic E-state index is 5.18. The minimum absolute atomic E-state index is 0.407. The van der Waals surface area contributed by atoms with E-state index in [2.05, 4.69) is 49.6 Å². The van der Waals surface area contributed by atoms with Crippen molar-refractivity contribution in [3.05, 3.63) is 35.5 Å². The Kier molecular flexibility index (Phi) is 2.99. The van der Waals surface area contributed by atoms with Crippen molar-refractivity contribution in [3.8, 4) is 0 Å². The Balaban J connectivity index is 2.70. The van der Waals surface area contributed by atoms with Crippen molar-refractivity contribution in [2.75, 3.05) is 0 Å². The first kappa shape index (κ1) is 11.2. The molecule has 0 aliphatic carbocycles. The molecule has 0 saturated heterocycles. The van der Waals surface area contributed by atoms with E-state index in [1.165, 1.54) is 16.5 Å². The second kappa shape index (κ2) is 4.28. The fourth-order valence-corrected chi connectivity index (χ4v) is 2.26. The predicted octanol–water partition coefficient (Wildman–Crippen LogP) is 2.92. The second-order valence-electron chi connectivity index (χ2n) is 4.42. The van der Waals surface area contributed by atoms with Gasteiger partial charge in [-0.3, -0.25) is 4.84 Å². The van der Waals surface area contributed by atoms with Crippen LogP contribution in [0.4, 0.5) is 0 Å². The van der Waals surface area contributed by atoms with Crippen molar-refractivity contribution in [1.29, 1.82) is 0 Å². The number of aryl methyl sites for hydroxylation is 1. The maximum absolute atomic E-state index is 5.18. The lowest BCUT2D eigenvalue weighted by molar-refractivity contribution is 0.118. The largest absolute Gasteiger partial charge is 0.340 e. The number of aromatic nitrogens is 1. The van der Waals surface area contributed by atoms with Crippen LogP contribution in [0.25, 0.3) is 10.9 Å². The minimum Gasteiger partial charge on any atom is -0.340 e. The highest BCUT2D eigenvalue weighted by molar-refractivity contribution is 5.84. The highest BCUT2D eigenvalue weighted by Crippen LogP contribution is 2.26. The lowest BCUT2D eigenvalue weighted by Gasteiger charge is -2.14. The molecule has 2 N–H and O–H groups in total. The molecule has 1 aromatic carbocycles. The van der Waals surface area contributed by atoms with Crippen LogP contribution in [0.15, 0.2) is 24.3 Å². The molecular formula is C13H18N2O. The average Bonchev–Trinajstić information content (AvgIpc) is 2.58. The second-order valence-corrected chi connectivity index (χ2v) is 4.42. The molecule has 0 spiro atoms. The first-order chi connectivity index (χ1) is 7.65. The summed E-state index contributed by atoms with van der Waals surface area (Å²) in [5.41, 5.74) is 3.67. The van der Waals surface area contributed by atoms with E-state index < -0.39 is 0 Å². The van der Waals surface area contributed by atoms with Crippen molar-refractivity contribution < 1.29 is 4.84 Å². The number of fused-ring (bicyclic) bond motifs is 1. The normalized spacial score (nSPS) is 11.6. The van der Waals surface area contributed by atoms with E-state index in [1.807, 2.05) is 0 Å². The quantitative estimate of drug-likeness (QED) is 0.805. The van der Waals surface area contributed by atoms with E-state index in [4.69, 9.17) is 10.7 Å². The van der Waals surface area contributed by atoms with Crippen LogP contribution in [0.2, 0.25) is 0 Å². The monoisotopic (exact) mass is 218 g/mol. The van der Waals surface area contributed by atoms with E-state index in [9.17, 15) is 0 Å². The molecule has 0 unspecified atom stereocenters. The Morgan fingerprint density at radius 2 is 2.12 bits per heavy atom. The molecule has 0 fully saturated rings. The van der Waals surface area contributed by atoms with Gasteiger partial charge in [0.15, 0.2) is 0 Å². The first-order valence-electron chi connectivity index (χ1n) is 5.56. The van der Waals surface area contributed by atoms with Crippen LogP contribution in [-0.4, -0.2) is 4.57 Å². The highest BCUT2D eigenvalue weighted by Gasteiger charge is 2.12. The van der Waals surface area contributed by atoms with Crippen molar-refractivity contribution >= 4 is 10.9 Å². The smallest absolute Gasteiger partial charge is 0.108 e. The van der Waals surface area contributed by atoms with Gasteiger partial charge in [0.05, 0.1) is 0 Å². The number of hydrogen-bond donors (Lipinski definition) is 1. The zero-order valence-corrected chi connectivity index (χ0v) is 10.0. The summed E-state index contributed by atoms with van der Waals surface area (Å²) >= 11 is 0. The highest BCUT2D eigenvalue weighted by atomic mass is 16.6. The molecule has 2 rings (SSSR count). The van der Waals surface area contributed by atoms with Crippen LogP contribution in [0.1, 0.15) is 31.1 Å². The van der Waals surface area contributed by atoms with Crippen LogP contribution in [0.3, 0.4) is 0 Å². The summed E-state index contributed by atoms with van der Waals surface area (Å²) in [5, 5.41) is 1.28. The van der Waals surface area contributed by atoms with Crippen LogP contribution in [0, 0.1) is 6.92 Å². The van der Waals surface area contributed by atoms with E-state index in [-0.39, 0.29) is 0 Å². The van der Waals surface area contributed by atoms with Gasteiger partial charge in [0.25, 0.3) is 0 Å². The molecular weight excluding hydrogens is 200 g/mol. The van der Waals surface area contributed by atoms with Crippen molar-refractivity contribution in [1.82, 2.24) is 4.57 Å². The number of hydrogen-bond acceptors (Lipinski definition) is 2. The third kappa shape index (κ3) is 1.72. The molecule has 2 aromatic rings. The van der Waals surface area contributed by atoms with Crippen LogP contribution in [0.5, 0.6) is 0 Å².